The summed E-state index contributed by atoms with van der Waals surface area (Å²) >= 11 is 0. The lowest BCUT2D eigenvalue weighted by atomic mass is 9.67. The molecule has 2 bridgehead atoms. The molecular weight excluding hydrogens is 332 g/mol. The number of nitrogens with one attached hydrogen (secondary N) is 1. The van der Waals surface area contributed by atoms with Crippen molar-refractivity contribution < 1.29 is 27.9 Å². The van der Waals surface area contributed by atoms with Gasteiger partial charge in [0.1, 0.15) is 5.78 Å². The van der Waals surface area contributed by atoms with E-state index >= 15 is 0 Å². The standard InChI is InChI=1S/C18H19F2NO4/c19-14-5-4-13(8-15(14)20)21-16(22)9-25-18(24)12-6-10-2-1-3-11(7-12)17(10)23/h4-5,8,10-12H,1-3,6-7,9H2,(H,21,22)/t10-,11-/m1/s1. The fourth-order valence-electron chi connectivity index (χ4n) is 3.70. The molecule has 5 nitrogen and oxygen atoms in total. The number of carbonyl (C=O) groups excluding carboxylic acids is 3. The molecule has 0 aliphatic heterocycles. The van der Waals surface area contributed by atoms with E-state index in [1.54, 1.807) is 0 Å². The molecule has 1 amide bonds. The Balaban J connectivity index is 1.49. The van der Waals surface area contributed by atoms with Gasteiger partial charge in [-0.3, -0.25) is 14.4 Å². The van der Waals surface area contributed by atoms with Gasteiger partial charge in [-0.15, -0.1) is 0 Å². The number of fused-ring (bicyclic) bond motifs is 2. The zero-order valence-electron chi connectivity index (χ0n) is 13.6. The largest absolute Gasteiger partial charge is 0.455 e. The van der Waals surface area contributed by atoms with E-state index < -0.39 is 30.1 Å². The first-order valence-corrected chi connectivity index (χ1v) is 8.39. The third-order valence-electron chi connectivity index (χ3n) is 4.93. The van der Waals surface area contributed by atoms with Crippen LogP contribution >= 0.6 is 0 Å². The summed E-state index contributed by atoms with van der Waals surface area (Å²) in [6.45, 7) is -0.502. The number of ketones is 1. The number of rotatable bonds is 4. The first-order chi connectivity index (χ1) is 11.9. The zero-order chi connectivity index (χ0) is 18.0. The Morgan fingerprint density at radius 3 is 2.44 bits per heavy atom. The molecule has 2 saturated carbocycles. The Labute approximate surface area is 143 Å². The second-order valence-electron chi connectivity index (χ2n) is 6.68. The van der Waals surface area contributed by atoms with Gasteiger partial charge in [-0.1, -0.05) is 6.42 Å². The van der Waals surface area contributed by atoms with Gasteiger partial charge in [0.25, 0.3) is 5.91 Å². The minimum Gasteiger partial charge on any atom is -0.455 e. The molecule has 0 spiro atoms. The average Bonchev–Trinajstić information content (AvgIpc) is 2.56. The highest BCUT2D eigenvalue weighted by Crippen LogP contribution is 2.40. The van der Waals surface area contributed by atoms with Crippen molar-refractivity contribution in [2.75, 3.05) is 11.9 Å². The molecule has 0 radical (unpaired) electrons. The van der Waals surface area contributed by atoms with E-state index in [0.717, 1.165) is 31.4 Å². The lowest BCUT2D eigenvalue weighted by molar-refractivity contribution is -0.155. The number of amides is 1. The number of halogens is 2. The smallest absolute Gasteiger partial charge is 0.309 e. The molecule has 1 aromatic carbocycles. The molecule has 0 unspecified atom stereocenters. The van der Waals surface area contributed by atoms with Gasteiger partial charge in [0.2, 0.25) is 0 Å². The van der Waals surface area contributed by atoms with Crippen LogP contribution in [-0.4, -0.2) is 24.3 Å². The van der Waals surface area contributed by atoms with Crippen molar-refractivity contribution >= 4 is 23.3 Å². The Morgan fingerprint density at radius 2 is 1.80 bits per heavy atom. The summed E-state index contributed by atoms with van der Waals surface area (Å²) in [5, 5.41) is 2.34. The van der Waals surface area contributed by atoms with Crippen LogP contribution in [0.1, 0.15) is 32.1 Å². The number of hydrogen-bond donors (Lipinski definition) is 1. The van der Waals surface area contributed by atoms with E-state index in [-0.39, 0.29) is 29.2 Å². The fraction of sp³-hybridized carbons (Fsp3) is 0.500. The van der Waals surface area contributed by atoms with E-state index in [4.69, 9.17) is 4.74 Å². The molecule has 1 aromatic rings. The minimum atomic E-state index is -1.08. The lowest BCUT2D eigenvalue weighted by Crippen LogP contribution is -2.40. The molecule has 0 saturated heterocycles. The summed E-state index contributed by atoms with van der Waals surface area (Å²) in [6.07, 6.45) is 3.61. The Hall–Kier alpha value is -2.31. The first kappa shape index (κ1) is 17.5. The summed E-state index contributed by atoms with van der Waals surface area (Å²) < 4.78 is 31.0. The van der Waals surface area contributed by atoms with Crippen LogP contribution in [0.25, 0.3) is 0 Å². The van der Waals surface area contributed by atoms with Crippen LogP contribution in [0.3, 0.4) is 0 Å². The molecule has 0 aromatic heterocycles. The molecule has 2 aliphatic carbocycles. The molecule has 0 heterocycles. The lowest BCUT2D eigenvalue weighted by Gasteiger charge is -2.36. The molecule has 3 rings (SSSR count). The van der Waals surface area contributed by atoms with E-state index in [9.17, 15) is 23.2 Å². The highest BCUT2D eigenvalue weighted by molar-refractivity contribution is 5.93. The molecule has 134 valence electrons. The van der Waals surface area contributed by atoms with Crippen molar-refractivity contribution in [3.8, 4) is 0 Å². The van der Waals surface area contributed by atoms with Gasteiger partial charge < -0.3 is 10.1 Å². The SMILES string of the molecule is O=C(COC(=O)C1C[C@H]2CCC[C@H](C1)C2=O)Nc1ccc(F)c(F)c1. The van der Waals surface area contributed by atoms with Crippen molar-refractivity contribution in [2.45, 2.75) is 32.1 Å². The van der Waals surface area contributed by atoms with Crippen LogP contribution in [0.5, 0.6) is 0 Å². The monoisotopic (exact) mass is 351 g/mol. The van der Waals surface area contributed by atoms with Gasteiger partial charge in [0, 0.05) is 23.6 Å². The van der Waals surface area contributed by atoms with E-state index in [1.807, 2.05) is 0 Å². The first-order valence-electron chi connectivity index (χ1n) is 8.39. The number of carbonyl (C=O) groups is 3. The minimum absolute atomic E-state index is 0.0685. The van der Waals surface area contributed by atoms with Gasteiger partial charge in [0.15, 0.2) is 18.2 Å². The number of hydrogen-bond acceptors (Lipinski definition) is 4. The fourth-order valence-corrected chi connectivity index (χ4v) is 3.70. The van der Waals surface area contributed by atoms with Crippen molar-refractivity contribution in [1.82, 2.24) is 0 Å². The molecule has 7 heteroatoms. The van der Waals surface area contributed by atoms with Crippen molar-refractivity contribution in [2.24, 2.45) is 17.8 Å². The summed E-state index contributed by atoms with van der Waals surface area (Å²) in [5.41, 5.74) is 0.0812. The van der Waals surface area contributed by atoms with Crippen LogP contribution in [-0.2, 0) is 19.1 Å². The third kappa shape index (κ3) is 4.03. The number of ether oxygens (including phenoxy) is 1. The van der Waals surface area contributed by atoms with Crippen LogP contribution < -0.4 is 5.32 Å². The Morgan fingerprint density at radius 1 is 1.12 bits per heavy atom. The average molecular weight is 351 g/mol. The van der Waals surface area contributed by atoms with E-state index in [0.29, 0.717) is 12.8 Å². The maximum atomic E-state index is 13.1. The summed E-state index contributed by atoms with van der Waals surface area (Å²) in [6, 6.07) is 2.96. The number of esters is 1. The second-order valence-corrected chi connectivity index (χ2v) is 6.68. The highest BCUT2D eigenvalue weighted by Gasteiger charge is 2.41. The van der Waals surface area contributed by atoms with Crippen LogP contribution in [0.4, 0.5) is 14.5 Å². The van der Waals surface area contributed by atoms with Crippen LogP contribution in [0, 0.1) is 29.4 Å². The van der Waals surface area contributed by atoms with Crippen molar-refractivity contribution in [3.63, 3.8) is 0 Å². The summed E-state index contributed by atoms with van der Waals surface area (Å²) in [5.74, 6) is -3.44. The maximum Gasteiger partial charge on any atom is 0.309 e. The van der Waals surface area contributed by atoms with Crippen molar-refractivity contribution in [3.05, 3.63) is 29.8 Å². The topological polar surface area (TPSA) is 72.5 Å². The number of Topliss-reactive ketones (excluding diaryl/α,β-unsaturated/α-hetero) is 1. The summed E-state index contributed by atoms with van der Waals surface area (Å²) in [7, 11) is 0. The zero-order valence-corrected chi connectivity index (χ0v) is 13.6. The predicted octanol–water partition coefficient (Wildman–Crippen LogP) is 2.84. The normalized spacial score (nSPS) is 25.4. The highest BCUT2D eigenvalue weighted by atomic mass is 19.2. The van der Waals surface area contributed by atoms with Gasteiger partial charge in [-0.2, -0.15) is 0 Å². The quantitative estimate of drug-likeness (QED) is 0.847. The van der Waals surface area contributed by atoms with Crippen LogP contribution in [0.2, 0.25) is 0 Å². The third-order valence-corrected chi connectivity index (χ3v) is 4.93. The number of anilines is 1. The predicted molar refractivity (Wildman–Crippen MR) is 84.5 cm³/mol. The molecular formula is C18H19F2NO4. The molecule has 2 atom stereocenters. The molecule has 25 heavy (non-hydrogen) atoms. The number of benzene rings is 1. The van der Waals surface area contributed by atoms with E-state index in [1.165, 1.54) is 6.07 Å². The maximum absolute atomic E-state index is 13.1. The van der Waals surface area contributed by atoms with Gasteiger partial charge >= 0.3 is 5.97 Å². The van der Waals surface area contributed by atoms with E-state index in [2.05, 4.69) is 5.32 Å². The molecule has 1 N–H and O–H groups in total. The van der Waals surface area contributed by atoms with Crippen molar-refractivity contribution in [1.29, 1.82) is 0 Å². The van der Waals surface area contributed by atoms with Gasteiger partial charge in [-0.25, -0.2) is 8.78 Å². The summed E-state index contributed by atoms with van der Waals surface area (Å²) in [4.78, 5) is 36.0. The molecule has 2 aliphatic rings. The van der Waals surface area contributed by atoms with Crippen LogP contribution in [0.15, 0.2) is 18.2 Å². The Bertz CT molecular complexity index is 690. The molecule has 2 fully saturated rings. The van der Waals surface area contributed by atoms with Gasteiger partial charge in [0.05, 0.1) is 5.92 Å². The van der Waals surface area contributed by atoms with Gasteiger partial charge in [-0.05, 0) is 37.8 Å². The Kier molecular flexibility index (Phi) is 5.11. The second kappa shape index (κ2) is 7.29.